The molecule has 4 heteroatoms. The number of benzene rings is 1. The molecule has 0 aliphatic rings. The quantitative estimate of drug-likeness (QED) is 0.511. The molecule has 0 fully saturated rings. The molecule has 51 valence electrons. The molecule has 0 unspecified atom stereocenters. The van der Waals surface area contributed by atoms with Crippen molar-refractivity contribution in [1.82, 2.24) is 0 Å². The van der Waals surface area contributed by atoms with Crippen molar-refractivity contribution in [3.8, 4) is 0 Å². The average Bonchev–Trinajstić information content (AvgIpc) is 1.64. The Labute approximate surface area is 81.2 Å². The first kappa shape index (κ1) is 12.8. The summed E-state index contributed by atoms with van der Waals surface area (Å²) in [6.45, 7) is 0. The van der Waals surface area contributed by atoms with Crippen LogP contribution < -0.4 is 17.0 Å². The van der Waals surface area contributed by atoms with Crippen LogP contribution in [0.15, 0.2) is 18.2 Å². The summed E-state index contributed by atoms with van der Waals surface area (Å²) in [5.74, 6) is -1.23. The SMILES string of the molecule is Fc1[c]ccc(F)c1.[Br-].[Zn]. The fraction of sp³-hybridized carbons (Fsp3) is 0. The Morgan fingerprint density at radius 2 is 1.90 bits per heavy atom. The predicted molar refractivity (Wildman–Crippen MR) is 25.2 cm³/mol. The summed E-state index contributed by atoms with van der Waals surface area (Å²) in [6.07, 6.45) is 0. The molecule has 1 radical (unpaired) electrons. The maximum absolute atomic E-state index is 11.9. The summed E-state index contributed by atoms with van der Waals surface area (Å²) < 4.78 is 23.8. The second-order valence-corrected chi connectivity index (χ2v) is 1.35. The van der Waals surface area contributed by atoms with Gasteiger partial charge in [-0.25, -0.2) is 8.78 Å². The van der Waals surface area contributed by atoms with Crippen molar-refractivity contribution in [3.05, 3.63) is 35.9 Å². The number of hydrogen-bond acceptors (Lipinski definition) is 0. The first-order chi connectivity index (χ1) is 3.79. The van der Waals surface area contributed by atoms with Gasteiger partial charge in [0.1, 0.15) is 11.6 Å². The van der Waals surface area contributed by atoms with Crippen LogP contribution in [0, 0.1) is 17.7 Å². The van der Waals surface area contributed by atoms with E-state index in [0.29, 0.717) is 0 Å². The Morgan fingerprint density at radius 1 is 1.30 bits per heavy atom. The molecule has 0 spiro atoms. The van der Waals surface area contributed by atoms with Gasteiger partial charge >= 0.3 is 0 Å². The van der Waals surface area contributed by atoms with E-state index >= 15 is 0 Å². The molecule has 0 amide bonds. The summed E-state index contributed by atoms with van der Waals surface area (Å²) in [6, 6.07) is 5.28. The van der Waals surface area contributed by atoms with Gasteiger partial charge < -0.3 is 17.0 Å². The molecular weight excluding hydrogens is 255 g/mol. The summed E-state index contributed by atoms with van der Waals surface area (Å²) >= 11 is 0. The van der Waals surface area contributed by atoms with Crippen molar-refractivity contribution < 1.29 is 45.2 Å². The molecule has 1 rings (SSSR count). The molecule has 0 saturated carbocycles. The predicted octanol–water partition coefficient (Wildman–Crippen LogP) is -1.23. The van der Waals surface area contributed by atoms with Gasteiger partial charge in [-0.05, 0) is 12.1 Å². The van der Waals surface area contributed by atoms with E-state index in [0.717, 1.165) is 12.1 Å². The zero-order valence-electron chi connectivity index (χ0n) is 5.07. The fourth-order valence-corrected chi connectivity index (χ4v) is 0.412. The van der Waals surface area contributed by atoms with E-state index < -0.39 is 11.6 Å². The molecular formula is C6H3BrF2Zn-. The fourth-order valence-electron chi connectivity index (χ4n) is 0.412. The molecule has 1 aromatic rings. The van der Waals surface area contributed by atoms with E-state index in [-0.39, 0.29) is 36.5 Å². The van der Waals surface area contributed by atoms with Gasteiger partial charge in [-0.2, -0.15) is 0 Å². The van der Waals surface area contributed by atoms with E-state index in [1.165, 1.54) is 6.07 Å². The molecule has 10 heavy (non-hydrogen) atoms. The van der Waals surface area contributed by atoms with Gasteiger partial charge in [-0.1, -0.05) is 0 Å². The molecule has 0 aliphatic carbocycles. The van der Waals surface area contributed by atoms with E-state index in [1.54, 1.807) is 0 Å². The first-order valence-corrected chi connectivity index (χ1v) is 2.12. The van der Waals surface area contributed by atoms with Crippen molar-refractivity contribution in [3.63, 3.8) is 0 Å². The van der Waals surface area contributed by atoms with E-state index in [9.17, 15) is 8.78 Å². The van der Waals surface area contributed by atoms with Gasteiger partial charge in [0.2, 0.25) is 0 Å². The smallest absolute Gasteiger partial charge is 0.134 e. The van der Waals surface area contributed by atoms with E-state index in [4.69, 9.17) is 0 Å². The van der Waals surface area contributed by atoms with Crippen LogP contribution in [0.5, 0.6) is 0 Å². The summed E-state index contributed by atoms with van der Waals surface area (Å²) in [5.41, 5.74) is 0. The van der Waals surface area contributed by atoms with Crippen molar-refractivity contribution in [2.75, 3.05) is 0 Å². The largest absolute Gasteiger partial charge is 1.00 e. The monoisotopic (exact) mass is 256 g/mol. The van der Waals surface area contributed by atoms with Gasteiger partial charge in [-0.15, -0.1) is 0 Å². The van der Waals surface area contributed by atoms with Gasteiger partial charge in [0.25, 0.3) is 0 Å². The molecule has 0 aromatic heterocycles. The third kappa shape index (κ3) is 4.07. The van der Waals surface area contributed by atoms with Crippen molar-refractivity contribution in [1.29, 1.82) is 0 Å². The van der Waals surface area contributed by atoms with Crippen LogP contribution in [-0.4, -0.2) is 0 Å². The first-order valence-electron chi connectivity index (χ1n) is 2.12. The van der Waals surface area contributed by atoms with Crippen LogP contribution in [0.2, 0.25) is 0 Å². The van der Waals surface area contributed by atoms with Crippen LogP contribution in [0.25, 0.3) is 0 Å². The molecule has 0 atom stereocenters. The van der Waals surface area contributed by atoms with Crippen LogP contribution in [0.3, 0.4) is 0 Å². The number of halogens is 3. The minimum Gasteiger partial charge on any atom is -1.00 e. The standard InChI is InChI=1S/C6H3F2.BrH.Zn/c7-5-2-1-3-6(8)4-5;;/h1-2,4H;1H;/p-1. The molecule has 0 saturated heterocycles. The Bertz CT molecular complexity index is 176. The molecule has 0 bridgehead atoms. The normalized spacial score (nSPS) is 7.40. The Balaban J connectivity index is 0. The Morgan fingerprint density at radius 3 is 2.20 bits per heavy atom. The molecule has 1 aromatic carbocycles. The number of rotatable bonds is 0. The second kappa shape index (κ2) is 5.93. The third-order valence-corrected chi connectivity index (χ3v) is 0.728. The van der Waals surface area contributed by atoms with E-state index in [1.807, 2.05) is 0 Å². The molecule has 0 nitrogen and oxygen atoms in total. The van der Waals surface area contributed by atoms with Crippen molar-refractivity contribution in [2.45, 2.75) is 0 Å². The summed E-state index contributed by atoms with van der Waals surface area (Å²) in [5, 5.41) is 0. The zero-order valence-corrected chi connectivity index (χ0v) is 9.63. The topological polar surface area (TPSA) is 0 Å². The minimum absolute atomic E-state index is 0. The van der Waals surface area contributed by atoms with Crippen molar-refractivity contribution in [2.24, 2.45) is 0 Å². The Hall–Kier alpha value is 0.183. The van der Waals surface area contributed by atoms with Gasteiger partial charge in [0.05, 0.1) is 0 Å². The molecule has 0 heterocycles. The summed E-state index contributed by atoms with van der Waals surface area (Å²) in [4.78, 5) is 0. The molecule has 0 aliphatic heterocycles. The van der Waals surface area contributed by atoms with Crippen molar-refractivity contribution >= 4 is 0 Å². The van der Waals surface area contributed by atoms with Gasteiger partial charge in [-0.3, -0.25) is 0 Å². The Kier molecular flexibility index (Phi) is 7.61. The average molecular weight is 258 g/mol. The second-order valence-electron chi connectivity index (χ2n) is 1.35. The van der Waals surface area contributed by atoms with Crippen LogP contribution >= 0.6 is 0 Å². The van der Waals surface area contributed by atoms with E-state index in [2.05, 4.69) is 6.07 Å². The van der Waals surface area contributed by atoms with Crippen LogP contribution in [0.4, 0.5) is 8.78 Å². The molecule has 0 N–H and O–H groups in total. The zero-order chi connectivity index (χ0) is 5.98. The van der Waals surface area contributed by atoms with Gasteiger partial charge in [0, 0.05) is 31.6 Å². The van der Waals surface area contributed by atoms with Gasteiger partial charge in [0.15, 0.2) is 0 Å². The van der Waals surface area contributed by atoms with Crippen LogP contribution in [-0.2, 0) is 19.5 Å². The third-order valence-electron chi connectivity index (χ3n) is 0.728. The summed E-state index contributed by atoms with van der Waals surface area (Å²) in [7, 11) is 0. The number of hydrogen-bond donors (Lipinski definition) is 0. The maximum atomic E-state index is 11.9. The minimum atomic E-state index is -0.662. The maximum Gasteiger partial charge on any atom is 0.134 e. The van der Waals surface area contributed by atoms with Crippen LogP contribution in [0.1, 0.15) is 0 Å².